The third-order valence-electron chi connectivity index (χ3n) is 3.59. The lowest BCUT2D eigenvalue weighted by atomic mass is 10.2. The lowest BCUT2D eigenvalue weighted by molar-refractivity contribution is 0.597. The van der Waals surface area contributed by atoms with E-state index in [2.05, 4.69) is 5.10 Å². The van der Waals surface area contributed by atoms with E-state index in [4.69, 9.17) is 5.73 Å². The molecule has 0 saturated heterocycles. The normalized spacial score (nSPS) is 11.8. The summed E-state index contributed by atoms with van der Waals surface area (Å²) in [4.78, 5) is 0.336. The van der Waals surface area contributed by atoms with Crippen molar-refractivity contribution >= 4 is 15.5 Å². The molecule has 2 rings (SSSR count). The molecule has 2 N–H and O–H groups in total. The number of rotatable bonds is 5. The zero-order valence-corrected chi connectivity index (χ0v) is 13.4. The molecule has 0 bridgehead atoms. The molecule has 0 unspecified atom stereocenters. The number of aryl methyl sites for hydroxylation is 1. The Morgan fingerprint density at radius 2 is 1.71 bits per heavy atom. The number of hydrogen-bond acceptors (Lipinski definition) is 4. The van der Waals surface area contributed by atoms with Crippen LogP contribution < -0.4 is 5.73 Å². The standard InChI is InChI=1S/C15H21N3O2S/c1-4-13-15(16)14(5-2)18(17-13)11-7-9-12(10-8-11)21(19,20)6-3/h7-10H,4-6,16H2,1-3H3. The molecule has 21 heavy (non-hydrogen) atoms. The zero-order valence-electron chi connectivity index (χ0n) is 12.6. The predicted octanol–water partition coefficient (Wildman–Crippen LogP) is 2.37. The first-order valence-electron chi connectivity index (χ1n) is 7.14. The second-order valence-corrected chi connectivity index (χ2v) is 7.10. The summed E-state index contributed by atoms with van der Waals surface area (Å²) in [6.45, 7) is 5.68. The van der Waals surface area contributed by atoms with Gasteiger partial charge in [0.05, 0.1) is 33.4 Å². The fraction of sp³-hybridized carbons (Fsp3) is 0.400. The molecule has 0 aliphatic carbocycles. The van der Waals surface area contributed by atoms with Gasteiger partial charge < -0.3 is 5.73 Å². The molecule has 1 heterocycles. The van der Waals surface area contributed by atoms with Crippen LogP contribution in [0, 0.1) is 0 Å². The van der Waals surface area contributed by atoms with Gasteiger partial charge in [0.25, 0.3) is 0 Å². The lowest BCUT2D eigenvalue weighted by Crippen LogP contribution is -2.06. The molecular formula is C15H21N3O2S. The van der Waals surface area contributed by atoms with E-state index < -0.39 is 9.84 Å². The summed E-state index contributed by atoms with van der Waals surface area (Å²) < 4.78 is 25.5. The Morgan fingerprint density at radius 3 is 2.19 bits per heavy atom. The molecule has 6 heteroatoms. The van der Waals surface area contributed by atoms with E-state index in [-0.39, 0.29) is 5.75 Å². The molecule has 0 saturated carbocycles. The van der Waals surface area contributed by atoms with Gasteiger partial charge >= 0.3 is 0 Å². The second kappa shape index (κ2) is 5.89. The Hall–Kier alpha value is -1.82. The van der Waals surface area contributed by atoms with Gasteiger partial charge in [0.1, 0.15) is 0 Å². The van der Waals surface area contributed by atoms with Crippen LogP contribution in [0.3, 0.4) is 0 Å². The van der Waals surface area contributed by atoms with Crippen molar-refractivity contribution in [1.29, 1.82) is 0 Å². The summed E-state index contributed by atoms with van der Waals surface area (Å²) in [5, 5.41) is 4.52. The molecule has 0 amide bonds. The van der Waals surface area contributed by atoms with Gasteiger partial charge in [0.15, 0.2) is 9.84 Å². The van der Waals surface area contributed by atoms with E-state index in [1.165, 1.54) is 0 Å². The minimum Gasteiger partial charge on any atom is -0.396 e. The van der Waals surface area contributed by atoms with Crippen LogP contribution >= 0.6 is 0 Å². The number of benzene rings is 1. The largest absolute Gasteiger partial charge is 0.396 e. The maximum absolute atomic E-state index is 11.8. The van der Waals surface area contributed by atoms with Gasteiger partial charge in [-0.05, 0) is 37.1 Å². The van der Waals surface area contributed by atoms with Gasteiger partial charge in [-0.25, -0.2) is 13.1 Å². The van der Waals surface area contributed by atoms with Crippen LogP contribution in [0.5, 0.6) is 0 Å². The van der Waals surface area contributed by atoms with Crippen molar-refractivity contribution in [2.75, 3.05) is 11.5 Å². The SMILES string of the molecule is CCc1nn(-c2ccc(S(=O)(=O)CC)cc2)c(CC)c1N. The zero-order chi connectivity index (χ0) is 15.6. The third kappa shape index (κ3) is 2.81. The summed E-state index contributed by atoms with van der Waals surface area (Å²) in [6, 6.07) is 6.79. The van der Waals surface area contributed by atoms with Crippen molar-refractivity contribution in [3.05, 3.63) is 35.7 Å². The van der Waals surface area contributed by atoms with E-state index in [1.807, 2.05) is 13.8 Å². The average Bonchev–Trinajstić information content (AvgIpc) is 2.83. The topological polar surface area (TPSA) is 78.0 Å². The molecular weight excluding hydrogens is 286 g/mol. The third-order valence-corrected chi connectivity index (χ3v) is 5.34. The van der Waals surface area contributed by atoms with E-state index in [0.29, 0.717) is 4.90 Å². The van der Waals surface area contributed by atoms with Crippen LogP contribution in [0.1, 0.15) is 32.2 Å². The minimum atomic E-state index is -3.17. The molecule has 0 aliphatic heterocycles. The van der Waals surface area contributed by atoms with Crippen molar-refractivity contribution in [2.24, 2.45) is 0 Å². The molecule has 2 aromatic rings. The van der Waals surface area contributed by atoms with Gasteiger partial charge in [0, 0.05) is 0 Å². The van der Waals surface area contributed by atoms with Crippen molar-refractivity contribution in [2.45, 2.75) is 38.5 Å². The number of nitrogen functional groups attached to an aromatic ring is 1. The Balaban J connectivity index is 2.49. The molecule has 114 valence electrons. The first-order chi connectivity index (χ1) is 9.94. The highest BCUT2D eigenvalue weighted by molar-refractivity contribution is 7.91. The number of anilines is 1. The van der Waals surface area contributed by atoms with Crippen LogP contribution in [0.4, 0.5) is 5.69 Å². The molecule has 0 atom stereocenters. The van der Waals surface area contributed by atoms with Gasteiger partial charge in [-0.1, -0.05) is 20.8 Å². The lowest BCUT2D eigenvalue weighted by Gasteiger charge is -2.07. The molecule has 1 aromatic carbocycles. The van der Waals surface area contributed by atoms with Crippen LogP contribution in [0.15, 0.2) is 29.2 Å². The maximum Gasteiger partial charge on any atom is 0.178 e. The van der Waals surface area contributed by atoms with Gasteiger partial charge in [0.2, 0.25) is 0 Å². The first-order valence-corrected chi connectivity index (χ1v) is 8.79. The fourth-order valence-electron chi connectivity index (χ4n) is 2.29. The smallest absolute Gasteiger partial charge is 0.178 e. The maximum atomic E-state index is 11.8. The summed E-state index contributed by atoms with van der Waals surface area (Å²) in [5.41, 5.74) is 9.49. The molecule has 1 aromatic heterocycles. The number of aromatic nitrogens is 2. The van der Waals surface area contributed by atoms with E-state index in [9.17, 15) is 8.42 Å². The van der Waals surface area contributed by atoms with Crippen LogP contribution in [-0.4, -0.2) is 24.0 Å². The van der Waals surface area contributed by atoms with E-state index in [0.717, 1.165) is 35.6 Å². The first kappa shape index (κ1) is 15.6. The van der Waals surface area contributed by atoms with Gasteiger partial charge in [-0.3, -0.25) is 0 Å². The predicted molar refractivity (Wildman–Crippen MR) is 84.5 cm³/mol. The quantitative estimate of drug-likeness (QED) is 0.920. The monoisotopic (exact) mass is 307 g/mol. The number of nitrogens with zero attached hydrogens (tertiary/aromatic N) is 2. The molecule has 0 spiro atoms. The summed E-state index contributed by atoms with van der Waals surface area (Å²) >= 11 is 0. The Kier molecular flexibility index (Phi) is 4.37. The average molecular weight is 307 g/mol. The number of nitrogens with two attached hydrogens (primary N) is 1. The van der Waals surface area contributed by atoms with Gasteiger partial charge in [-0.2, -0.15) is 5.10 Å². The highest BCUT2D eigenvalue weighted by Crippen LogP contribution is 2.23. The second-order valence-electron chi connectivity index (χ2n) is 4.82. The minimum absolute atomic E-state index is 0.0985. The fourth-order valence-corrected chi connectivity index (χ4v) is 3.18. The number of sulfone groups is 1. The highest BCUT2D eigenvalue weighted by atomic mass is 32.2. The van der Waals surface area contributed by atoms with Crippen LogP contribution in [-0.2, 0) is 22.7 Å². The Bertz CT molecular complexity index is 731. The van der Waals surface area contributed by atoms with Crippen molar-refractivity contribution in [3.8, 4) is 5.69 Å². The van der Waals surface area contributed by atoms with Crippen LogP contribution in [0.25, 0.3) is 5.69 Å². The molecule has 0 aliphatic rings. The van der Waals surface area contributed by atoms with Gasteiger partial charge in [-0.15, -0.1) is 0 Å². The molecule has 0 fully saturated rings. The Morgan fingerprint density at radius 1 is 1.10 bits per heavy atom. The molecule has 0 radical (unpaired) electrons. The molecule has 5 nitrogen and oxygen atoms in total. The summed E-state index contributed by atoms with van der Waals surface area (Å²) in [7, 11) is -3.17. The van der Waals surface area contributed by atoms with E-state index in [1.54, 1.807) is 35.9 Å². The Labute approximate surface area is 125 Å². The van der Waals surface area contributed by atoms with Crippen molar-refractivity contribution in [3.63, 3.8) is 0 Å². The summed E-state index contributed by atoms with van der Waals surface area (Å²) in [5.74, 6) is 0.0985. The highest BCUT2D eigenvalue weighted by Gasteiger charge is 2.15. The van der Waals surface area contributed by atoms with Crippen LogP contribution in [0.2, 0.25) is 0 Å². The van der Waals surface area contributed by atoms with Crippen molar-refractivity contribution in [1.82, 2.24) is 9.78 Å². The van der Waals surface area contributed by atoms with Crippen molar-refractivity contribution < 1.29 is 8.42 Å². The number of hydrogen-bond donors (Lipinski definition) is 1. The van der Waals surface area contributed by atoms with E-state index >= 15 is 0 Å². The summed E-state index contributed by atoms with van der Waals surface area (Å²) in [6.07, 6.45) is 1.54.